The highest BCUT2D eigenvalue weighted by Crippen LogP contribution is 2.37. The van der Waals surface area contributed by atoms with Gasteiger partial charge in [0.15, 0.2) is 0 Å². The van der Waals surface area contributed by atoms with Crippen molar-refractivity contribution in [2.24, 2.45) is 5.73 Å². The zero-order valence-corrected chi connectivity index (χ0v) is 13.4. The third-order valence-electron chi connectivity index (χ3n) is 4.97. The second kappa shape index (κ2) is 6.15. The summed E-state index contributed by atoms with van der Waals surface area (Å²) in [6, 6.07) is 8.90. The highest BCUT2D eigenvalue weighted by molar-refractivity contribution is 5.48. The molecule has 0 aliphatic heterocycles. The van der Waals surface area contributed by atoms with Gasteiger partial charge in [-0.25, -0.2) is 0 Å². The normalized spacial score (nSPS) is 18.7. The Bertz CT molecular complexity index is 420. The van der Waals surface area contributed by atoms with Gasteiger partial charge in [-0.2, -0.15) is 0 Å². The summed E-state index contributed by atoms with van der Waals surface area (Å²) >= 11 is 0. The molecular weight excluding hydrogens is 246 g/mol. The second-order valence-electron chi connectivity index (χ2n) is 6.43. The molecule has 1 atom stereocenters. The summed E-state index contributed by atoms with van der Waals surface area (Å²) in [4.78, 5) is 4.77. The maximum atomic E-state index is 6.07. The molecule has 1 aromatic carbocycles. The number of nitrogens with two attached hydrogens (primary N) is 1. The van der Waals surface area contributed by atoms with Crippen LogP contribution in [0.25, 0.3) is 0 Å². The second-order valence-corrected chi connectivity index (χ2v) is 6.43. The lowest BCUT2D eigenvalue weighted by molar-refractivity contribution is 0.0683. The molecule has 0 radical (unpaired) electrons. The Labute approximate surface area is 123 Å². The molecule has 1 aromatic rings. The lowest BCUT2D eigenvalue weighted by Crippen LogP contribution is -2.56. The minimum absolute atomic E-state index is 0.161. The first-order chi connectivity index (χ1) is 9.48. The molecule has 20 heavy (non-hydrogen) atoms. The minimum Gasteiger partial charge on any atom is -0.373 e. The first-order valence-electron chi connectivity index (χ1n) is 7.72. The molecule has 0 heterocycles. The van der Waals surface area contributed by atoms with E-state index in [-0.39, 0.29) is 6.04 Å². The maximum absolute atomic E-state index is 6.07. The van der Waals surface area contributed by atoms with Crippen molar-refractivity contribution in [3.8, 4) is 0 Å². The lowest BCUT2D eigenvalue weighted by Gasteiger charge is -2.49. The van der Waals surface area contributed by atoms with Crippen molar-refractivity contribution in [2.45, 2.75) is 44.2 Å². The third-order valence-corrected chi connectivity index (χ3v) is 4.97. The van der Waals surface area contributed by atoms with Crippen LogP contribution in [0.4, 0.5) is 5.69 Å². The van der Waals surface area contributed by atoms with Gasteiger partial charge in [-0.05, 0) is 57.5 Å². The Balaban J connectivity index is 2.04. The SMILES string of the molecule is CC[C@H](N)c1ccc(N(C)CC2(N(C)C)CCC2)cc1. The fraction of sp³-hybridized carbons (Fsp3) is 0.647. The standard InChI is InChI=1S/C17H29N3/c1-5-16(18)14-7-9-15(10-8-14)20(4)13-17(19(2)3)11-6-12-17/h7-10,16H,5-6,11-13,18H2,1-4H3/t16-/m0/s1. The van der Waals surface area contributed by atoms with E-state index in [2.05, 4.69) is 62.1 Å². The van der Waals surface area contributed by atoms with Crippen LogP contribution in [0.3, 0.4) is 0 Å². The zero-order valence-electron chi connectivity index (χ0n) is 13.4. The van der Waals surface area contributed by atoms with E-state index < -0.39 is 0 Å². The molecule has 1 aliphatic rings. The van der Waals surface area contributed by atoms with Crippen molar-refractivity contribution in [1.29, 1.82) is 0 Å². The molecule has 0 aromatic heterocycles. The molecule has 3 heteroatoms. The molecule has 1 saturated carbocycles. The summed E-state index contributed by atoms with van der Waals surface area (Å²) in [6.45, 7) is 3.22. The summed E-state index contributed by atoms with van der Waals surface area (Å²) in [5, 5.41) is 0. The summed E-state index contributed by atoms with van der Waals surface area (Å²) in [7, 11) is 6.60. The largest absolute Gasteiger partial charge is 0.373 e. The van der Waals surface area contributed by atoms with E-state index in [1.54, 1.807) is 0 Å². The fourth-order valence-corrected chi connectivity index (χ4v) is 3.08. The van der Waals surface area contributed by atoms with Gasteiger partial charge >= 0.3 is 0 Å². The quantitative estimate of drug-likeness (QED) is 0.866. The Morgan fingerprint density at radius 1 is 1.15 bits per heavy atom. The van der Waals surface area contributed by atoms with Crippen molar-refractivity contribution < 1.29 is 0 Å². The van der Waals surface area contributed by atoms with E-state index in [4.69, 9.17) is 5.73 Å². The molecule has 3 nitrogen and oxygen atoms in total. The van der Waals surface area contributed by atoms with E-state index in [9.17, 15) is 0 Å². The molecule has 112 valence electrons. The topological polar surface area (TPSA) is 32.5 Å². The summed E-state index contributed by atoms with van der Waals surface area (Å²) in [5.74, 6) is 0. The molecule has 2 N–H and O–H groups in total. The highest BCUT2D eigenvalue weighted by atomic mass is 15.2. The van der Waals surface area contributed by atoms with Crippen LogP contribution < -0.4 is 10.6 Å². The van der Waals surface area contributed by atoms with E-state index in [1.165, 1.54) is 30.5 Å². The maximum Gasteiger partial charge on any atom is 0.0378 e. The highest BCUT2D eigenvalue weighted by Gasteiger charge is 2.39. The van der Waals surface area contributed by atoms with Crippen LogP contribution in [0.15, 0.2) is 24.3 Å². The van der Waals surface area contributed by atoms with Crippen molar-refractivity contribution in [3.05, 3.63) is 29.8 Å². The van der Waals surface area contributed by atoms with Gasteiger partial charge in [0.2, 0.25) is 0 Å². The van der Waals surface area contributed by atoms with Crippen molar-refractivity contribution >= 4 is 5.69 Å². The number of likely N-dealkylation sites (N-methyl/N-ethyl adjacent to an activating group) is 2. The van der Waals surface area contributed by atoms with Gasteiger partial charge in [-0.1, -0.05) is 19.1 Å². The smallest absolute Gasteiger partial charge is 0.0378 e. The van der Waals surface area contributed by atoms with E-state index in [1.807, 2.05) is 0 Å². The Kier molecular flexibility index (Phi) is 4.71. The van der Waals surface area contributed by atoms with Gasteiger partial charge < -0.3 is 15.5 Å². The van der Waals surface area contributed by atoms with E-state index in [0.717, 1.165) is 13.0 Å². The predicted octanol–water partition coefficient (Wildman–Crippen LogP) is 3.02. The molecule has 1 fully saturated rings. The van der Waals surface area contributed by atoms with Crippen LogP contribution in [0.5, 0.6) is 0 Å². The molecule has 2 rings (SSSR count). The first-order valence-corrected chi connectivity index (χ1v) is 7.72. The number of anilines is 1. The predicted molar refractivity (Wildman–Crippen MR) is 87.2 cm³/mol. The molecule has 0 saturated heterocycles. The number of nitrogens with zero attached hydrogens (tertiary/aromatic N) is 2. The lowest BCUT2D eigenvalue weighted by atomic mass is 9.75. The monoisotopic (exact) mass is 275 g/mol. The van der Waals surface area contributed by atoms with Gasteiger partial charge in [0.25, 0.3) is 0 Å². The van der Waals surface area contributed by atoms with Gasteiger partial charge in [-0.3, -0.25) is 0 Å². The van der Waals surface area contributed by atoms with Crippen LogP contribution in [0.2, 0.25) is 0 Å². The Hall–Kier alpha value is -1.06. The summed E-state index contributed by atoms with van der Waals surface area (Å²) in [6.07, 6.45) is 4.96. The van der Waals surface area contributed by atoms with Gasteiger partial charge in [0.05, 0.1) is 0 Å². The number of hydrogen-bond acceptors (Lipinski definition) is 3. The Morgan fingerprint density at radius 3 is 2.15 bits per heavy atom. The molecular formula is C17H29N3. The van der Waals surface area contributed by atoms with Crippen molar-refractivity contribution in [3.63, 3.8) is 0 Å². The average molecular weight is 275 g/mol. The molecule has 1 aliphatic carbocycles. The minimum atomic E-state index is 0.161. The van der Waals surface area contributed by atoms with Gasteiger partial charge in [0.1, 0.15) is 0 Å². The molecule has 0 spiro atoms. The molecule has 0 bridgehead atoms. The first kappa shape index (κ1) is 15.3. The average Bonchev–Trinajstić information content (AvgIpc) is 2.41. The number of benzene rings is 1. The van der Waals surface area contributed by atoms with Crippen molar-refractivity contribution in [1.82, 2.24) is 4.90 Å². The van der Waals surface area contributed by atoms with E-state index in [0.29, 0.717) is 5.54 Å². The number of rotatable bonds is 6. The van der Waals surface area contributed by atoms with Crippen LogP contribution in [-0.2, 0) is 0 Å². The van der Waals surface area contributed by atoms with Gasteiger partial charge in [0, 0.05) is 30.9 Å². The van der Waals surface area contributed by atoms with E-state index >= 15 is 0 Å². The molecule has 0 unspecified atom stereocenters. The van der Waals surface area contributed by atoms with Crippen LogP contribution in [-0.4, -0.2) is 38.1 Å². The van der Waals surface area contributed by atoms with Crippen LogP contribution in [0, 0.1) is 0 Å². The summed E-state index contributed by atoms with van der Waals surface area (Å²) in [5.41, 5.74) is 8.96. The molecule has 0 amide bonds. The Morgan fingerprint density at radius 2 is 1.75 bits per heavy atom. The summed E-state index contributed by atoms with van der Waals surface area (Å²) < 4.78 is 0. The fourth-order valence-electron chi connectivity index (χ4n) is 3.08. The zero-order chi connectivity index (χ0) is 14.8. The van der Waals surface area contributed by atoms with Crippen LogP contribution in [0.1, 0.15) is 44.2 Å². The van der Waals surface area contributed by atoms with Gasteiger partial charge in [-0.15, -0.1) is 0 Å². The third kappa shape index (κ3) is 2.99. The van der Waals surface area contributed by atoms with Crippen molar-refractivity contribution in [2.75, 3.05) is 32.6 Å². The number of hydrogen-bond donors (Lipinski definition) is 1. The van der Waals surface area contributed by atoms with Crippen LogP contribution >= 0.6 is 0 Å².